The second-order valence-corrected chi connectivity index (χ2v) is 10.2. The summed E-state index contributed by atoms with van der Waals surface area (Å²) in [6.07, 6.45) is -0.872. The van der Waals surface area contributed by atoms with Crippen LogP contribution >= 0.6 is 11.6 Å². The topological polar surface area (TPSA) is 120 Å². The number of rotatable bonds is 8. The zero-order valence-corrected chi connectivity index (χ0v) is 24.1. The molecule has 0 saturated heterocycles. The summed E-state index contributed by atoms with van der Waals surface area (Å²) in [4.78, 5) is 44.3. The number of carbonyl (C=O) groups excluding carboxylic acids is 2. The van der Waals surface area contributed by atoms with Crippen molar-refractivity contribution in [1.82, 2.24) is 19.2 Å². The summed E-state index contributed by atoms with van der Waals surface area (Å²) in [5.74, 6) is -0.734. The summed E-state index contributed by atoms with van der Waals surface area (Å²) in [5, 5.41) is 10.1. The van der Waals surface area contributed by atoms with Crippen LogP contribution in [0.25, 0.3) is 22.5 Å². The van der Waals surface area contributed by atoms with Crippen LogP contribution in [0.1, 0.15) is 30.4 Å². The van der Waals surface area contributed by atoms with E-state index in [4.69, 9.17) is 16.3 Å². The molecule has 0 atom stereocenters. The van der Waals surface area contributed by atoms with Crippen molar-refractivity contribution in [3.63, 3.8) is 0 Å². The normalized spacial score (nSPS) is 13.4. The fourth-order valence-corrected chi connectivity index (χ4v) is 5.05. The summed E-state index contributed by atoms with van der Waals surface area (Å²) in [6, 6.07) is 8.66. The molecular weight excluding hydrogens is 601 g/mol. The Balaban J connectivity index is 1.67. The van der Waals surface area contributed by atoms with Gasteiger partial charge in [-0.25, -0.2) is 0 Å². The number of hydrogen-bond donors (Lipinski definition) is 2. The Labute approximate surface area is 253 Å². The number of ether oxygens (including phenoxy) is 1. The number of hydrogen-bond acceptors (Lipinski definition) is 6. The van der Waals surface area contributed by atoms with Gasteiger partial charge in [0.15, 0.2) is 5.82 Å². The number of carbonyl (C=O) groups is 2. The molecule has 2 aromatic carbocycles. The summed E-state index contributed by atoms with van der Waals surface area (Å²) in [5.41, 5.74) is 0.588. The smallest absolute Gasteiger partial charge is 0.377 e. The lowest BCUT2D eigenvalue weighted by Crippen LogP contribution is -2.29. The van der Waals surface area contributed by atoms with Crippen LogP contribution in [0.5, 0.6) is 0 Å². The molecule has 1 aliphatic rings. The van der Waals surface area contributed by atoms with Crippen molar-refractivity contribution in [2.75, 3.05) is 23.8 Å². The van der Waals surface area contributed by atoms with Crippen LogP contribution in [0.15, 0.2) is 66.0 Å². The fourth-order valence-electron chi connectivity index (χ4n) is 4.87. The highest BCUT2D eigenvalue weighted by Crippen LogP contribution is 2.33. The Kier molecular flexibility index (Phi) is 8.70. The number of aromatic nitrogens is 4. The average molecular weight is 627 g/mol. The van der Waals surface area contributed by atoms with Gasteiger partial charge in [0.2, 0.25) is 17.6 Å². The number of fused-ring (bicyclic) bond motifs is 1. The van der Waals surface area contributed by atoms with Gasteiger partial charge in [-0.3, -0.25) is 14.4 Å². The van der Waals surface area contributed by atoms with Crippen molar-refractivity contribution in [3.05, 3.63) is 93.7 Å². The third kappa shape index (κ3) is 6.29. The van der Waals surface area contributed by atoms with Gasteiger partial charge in [-0.2, -0.15) is 22.7 Å². The lowest BCUT2D eigenvalue weighted by Gasteiger charge is -2.19. The van der Waals surface area contributed by atoms with Gasteiger partial charge in [0.05, 0.1) is 24.3 Å². The third-order valence-corrected chi connectivity index (χ3v) is 7.16. The summed E-state index contributed by atoms with van der Waals surface area (Å²) in [6.45, 7) is 5.69. The number of anilines is 2. The van der Waals surface area contributed by atoms with E-state index in [0.717, 1.165) is 40.4 Å². The molecule has 2 amide bonds. The van der Waals surface area contributed by atoms with Crippen molar-refractivity contribution in [2.24, 2.45) is 0 Å². The molecule has 14 heteroatoms. The molecular formula is C30H26ClF3N6O4. The second-order valence-electron chi connectivity index (χ2n) is 9.77. The monoisotopic (exact) mass is 626 g/mol. The first kappa shape index (κ1) is 30.7. The van der Waals surface area contributed by atoms with Crippen LogP contribution in [-0.4, -0.2) is 44.2 Å². The Morgan fingerprint density at radius 3 is 2.55 bits per heavy atom. The van der Waals surface area contributed by atoms with E-state index >= 15 is 0 Å². The predicted molar refractivity (Wildman–Crippen MR) is 159 cm³/mol. The van der Waals surface area contributed by atoms with Crippen LogP contribution < -0.4 is 16.2 Å². The van der Waals surface area contributed by atoms with Crippen molar-refractivity contribution in [2.45, 2.75) is 32.5 Å². The summed E-state index contributed by atoms with van der Waals surface area (Å²) in [7, 11) is 0. The van der Waals surface area contributed by atoms with Gasteiger partial charge >= 0.3 is 6.18 Å². The van der Waals surface area contributed by atoms with E-state index in [1.807, 2.05) is 6.08 Å². The van der Waals surface area contributed by atoms with E-state index < -0.39 is 29.1 Å². The highest BCUT2D eigenvalue weighted by atomic mass is 35.5. The van der Waals surface area contributed by atoms with Gasteiger partial charge in [0, 0.05) is 27.7 Å². The molecule has 0 spiro atoms. The van der Waals surface area contributed by atoms with Crippen molar-refractivity contribution >= 4 is 46.1 Å². The Hall–Kier alpha value is -4.75. The number of nitrogens with zero attached hydrogens (tertiary/aromatic N) is 4. The van der Waals surface area contributed by atoms with E-state index in [1.165, 1.54) is 10.6 Å². The number of alkyl halides is 3. The van der Waals surface area contributed by atoms with Crippen molar-refractivity contribution < 1.29 is 27.5 Å². The van der Waals surface area contributed by atoms with Gasteiger partial charge in [0.25, 0.3) is 5.56 Å². The van der Waals surface area contributed by atoms with Crippen LogP contribution in [0.3, 0.4) is 0 Å². The maximum atomic E-state index is 14.1. The van der Waals surface area contributed by atoms with E-state index in [9.17, 15) is 27.6 Å². The van der Waals surface area contributed by atoms with E-state index in [1.54, 1.807) is 19.1 Å². The highest BCUT2D eigenvalue weighted by molar-refractivity contribution is 6.31. The molecule has 0 aliphatic carbocycles. The molecule has 2 aromatic heterocycles. The predicted octanol–water partition coefficient (Wildman–Crippen LogP) is 5.36. The molecule has 2 N–H and O–H groups in total. The minimum absolute atomic E-state index is 0.0827. The van der Waals surface area contributed by atoms with Gasteiger partial charge in [0.1, 0.15) is 6.54 Å². The Morgan fingerprint density at radius 2 is 1.91 bits per heavy atom. The second kappa shape index (κ2) is 12.5. The minimum Gasteiger partial charge on any atom is -0.377 e. The first-order valence-electron chi connectivity index (χ1n) is 13.5. The molecule has 10 nitrogen and oxygen atoms in total. The minimum atomic E-state index is -4.52. The zero-order chi connectivity index (χ0) is 31.6. The third-order valence-electron chi connectivity index (χ3n) is 6.93. The number of amides is 2. The molecule has 0 radical (unpaired) electrons. The molecule has 0 fully saturated rings. The number of halogens is 4. The van der Waals surface area contributed by atoms with Crippen molar-refractivity contribution in [1.29, 1.82) is 0 Å². The summed E-state index contributed by atoms with van der Waals surface area (Å²) >= 11 is 6.33. The molecule has 44 heavy (non-hydrogen) atoms. The molecule has 5 rings (SSSR count). The van der Waals surface area contributed by atoms with Gasteiger partial charge in [-0.1, -0.05) is 31.2 Å². The van der Waals surface area contributed by atoms with Gasteiger partial charge < -0.3 is 19.9 Å². The quantitative estimate of drug-likeness (QED) is 0.254. The highest BCUT2D eigenvalue weighted by Gasteiger charge is 2.30. The van der Waals surface area contributed by atoms with Crippen LogP contribution in [-0.2, 0) is 33.5 Å². The SMILES string of the molecule is C=CC(=O)Nc1ccc(Cl)cc1-c1c(CC)n(CC(=O)Nc2ccc(C(F)(F)F)cc2)c2nc(C3=CCOCC3)nn2c1=O. The largest absolute Gasteiger partial charge is 0.416 e. The van der Waals surface area contributed by atoms with Gasteiger partial charge in [-0.15, -0.1) is 5.10 Å². The van der Waals surface area contributed by atoms with Crippen LogP contribution in [0.4, 0.5) is 24.5 Å². The number of nitrogens with one attached hydrogen (secondary N) is 2. The zero-order valence-electron chi connectivity index (χ0n) is 23.4. The molecule has 0 unspecified atom stereocenters. The maximum Gasteiger partial charge on any atom is 0.416 e. The first-order chi connectivity index (χ1) is 21.0. The molecule has 4 aromatic rings. The summed E-state index contributed by atoms with van der Waals surface area (Å²) < 4.78 is 47.0. The lowest BCUT2D eigenvalue weighted by atomic mass is 10.0. The molecule has 0 bridgehead atoms. The maximum absolute atomic E-state index is 14.1. The van der Waals surface area contributed by atoms with Crippen molar-refractivity contribution in [3.8, 4) is 11.1 Å². The molecule has 0 saturated carbocycles. The van der Waals surface area contributed by atoms with E-state index in [2.05, 4.69) is 27.3 Å². The molecule has 1 aliphatic heterocycles. The number of benzene rings is 2. The van der Waals surface area contributed by atoms with E-state index in [0.29, 0.717) is 25.3 Å². The standard InChI is InChI=1S/C30H26ClF3N6O4/c1-3-23-26(21-15-19(31)7-10-22(21)36-24(41)4-2)28(43)40-29(37-27(38-40)17-11-13-44-14-12-17)39(23)16-25(42)35-20-8-5-18(6-9-20)30(32,33)34/h4-11,15H,2-3,12-14,16H2,1H3,(H,35,42)(H,36,41). The van der Waals surface area contributed by atoms with Crippen LogP contribution in [0.2, 0.25) is 5.02 Å². The molecule has 228 valence electrons. The Morgan fingerprint density at radius 1 is 1.16 bits per heavy atom. The van der Waals surface area contributed by atoms with Gasteiger partial charge in [-0.05, 0) is 67.0 Å². The first-order valence-corrected chi connectivity index (χ1v) is 13.9. The van der Waals surface area contributed by atoms with Crippen LogP contribution in [0, 0.1) is 0 Å². The Bertz CT molecular complexity index is 1860. The van der Waals surface area contributed by atoms with E-state index in [-0.39, 0.29) is 52.1 Å². The molecule has 3 heterocycles. The fraction of sp³-hybridized carbons (Fsp3) is 0.233. The lowest BCUT2D eigenvalue weighted by molar-refractivity contribution is -0.137. The average Bonchev–Trinajstić information content (AvgIpc) is 3.46.